The molecule has 7 nitrogen and oxygen atoms in total. The SMILES string of the molecule is C#CC[C@H](NC(=O)c1ccc(CP(=O)(OCC)OCC)cc1)C(N)=O. The fraction of sp³-hybridized carbons (Fsp3) is 0.412. The second-order valence-electron chi connectivity index (χ2n) is 5.14. The van der Waals surface area contributed by atoms with Gasteiger partial charge in [-0.15, -0.1) is 12.3 Å². The third-order valence-corrected chi connectivity index (χ3v) is 5.27. The third kappa shape index (κ3) is 6.71. The van der Waals surface area contributed by atoms with Crippen molar-refractivity contribution >= 4 is 19.4 Å². The van der Waals surface area contributed by atoms with E-state index >= 15 is 0 Å². The zero-order valence-corrected chi connectivity index (χ0v) is 15.3. The smallest absolute Gasteiger partial charge is 0.335 e. The van der Waals surface area contributed by atoms with Crippen LogP contribution in [0.2, 0.25) is 0 Å². The first-order valence-corrected chi connectivity index (χ1v) is 9.58. The monoisotopic (exact) mass is 366 g/mol. The average molecular weight is 366 g/mol. The Morgan fingerprint density at radius 1 is 1.24 bits per heavy atom. The second-order valence-corrected chi connectivity index (χ2v) is 7.19. The van der Waals surface area contributed by atoms with Gasteiger partial charge in [-0.3, -0.25) is 14.2 Å². The molecule has 1 rings (SSSR count). The Kier molecular flexibility index (Phi) is 8.36. The van der Waals surface area contributed by atoms with Crippen molar-refractivity contribution in [2.45, 2.75) is 32.5 Å². The number of hydrogen-bond acceptors (Lipinski definition) is 5. The van der Waals surface area contributed by atoms with E-state index in [1.54, 1.807) is 38.1 Å². The highest BCUT2D eigenvalue weighted by molar-refractivity contribution is 7.53. The molecule has 0 aromatic heterocycles. The number of nitrogens with one attached hydrogen (secondary N) is 1. The van der Waals surface area contributed by atoms with Gasteiger partial charge in [0.2, 0.25) is 5.91 Å². The van der Waals surface area contributed by atoms with E-state index in [0.29, 0.717) is 11.1 Å². The van der Waals surface area contributed by atoms with Gasteiger partial charge >= 0.3 is 7.60 Å². The summed E-state index contributed by atoms with van der Waals surface area (Å²) in [6.45, 7) is 4.04. The number of nitrogens with two attached hydrogens (primary N) is 1. The number of terminal acetylenes is 1. The molecule has 136 valence electrons. The van der Waals surface area contributed by atoms with Crippen LogP contribution < -0.4 is 11.1 Å². The Labute approximate surface area is 147 Å². The van der Waals surface area contributed by atoms with Crippen LogP contribution in [-0.2, 0) is 24.6 Å². The number of carbonyl (C=O) groups excluding carboxylic acids is 2. The van der Waals surface area contributed by atoms with Crippen LogP contribution in [0.3, 0.4) is 0 Å². The molecule has 1 atom stereocenters. The van der Waals surface area contributed by atoms with Crippen molar-refractivity contribution in [3.05, 3.63) is 35.4 Å². The molecule has 0 radical (unpaired) electrons. The maximum atomic E-state index is 12.5. The minimum Gasteiger partial charge on any atom is -0.368 e. The van der Waals surface area contributed by atoms with Crippen LogP contribution in [-0.4, -0.2) is 31.1 Å². The summed E-state index contributed by atoms with van der Waals surface area (Å²) in [7, 11) is -3.21. The first-order valence-electron chi connectivity index (χ1n) is 7.86. The van der Waals surface area contributed by atoms with Crippen LogP contribution >= 0.6 is 7.60 Å². The van der Waals surface area contributed by atoms with Gasteiger partial charge in [0.15, 0.2) is 0 Å². The summed E-state index contributed by atoms with van der Waals surface area (Å²) in [5.41, 5.74) is 6.23. The summed E-state index contributed by atoms with van der Waals surface area (Å²) in [5.74, 6) is 1.12. The molecule has 3 N–H and O–H groups in total. The van der Waals surface area contributed by atoms with E-state index in [1.165, 1.54) is 0 Å². The fourth-order valence-electron chi connectivity index (χ4n) is 2.09. The van der Waals surface area contributed by atoms with Crippen molar-refractivity contribution in [2.24, 2.45) is 5.73 Å². The molecule has 0 aliphatic heterocycles. The molecule has 1 aromatic rings. The molecule has 8 heteroatoms. The van der Waals surface area contributed by atoms with E-state index in [-0.39, 0.29) is 25.8 Å². The fourth-order valence-corrected chi connectivity index (χ4v) is 3.79. The Morgan fingerprint density at radius 2 is 1.80 bits per heavy atom. The van der Waals surface area contributed by atoms with Crippen molar-refractivity contribution < 1.29 is 23.2 Å². The van der Waals surface area contributed by atoms with Crippen LogP contribution in [0, 0.1) is 12.3 Å². The maximum Gasteiger partial charge on any atom is 0.335 e. The van der Waals surface area contributed by atoms with Gasteiger partial charge in [-0.25, -0.2) is 0 Å². The minimum absolute atomic E-state index is 0.0189. The highest BCUT2D eigenvalue weighted by Crippen LogP contribution is 2.51. The van der Waals surface area contributed by atoms with Crippen molar-refractivity contribution in [3.8, 4) is 12.3 Å². The number of hydrogen-bond donors (Lipinski definition) is 2. The molecule has 2 amide bonds. The van der Waals surface area contributed by atoms with E-state index in [1.807, 2.05) is 0 Å². The van der Waals surface area contributed by atoms with Gasteiger partial charge in [-0.2, -0.15) is 0 Å². The molecule has 0 saturated heterocycles. The van der Waals surface area contributed by atoms with E-state index in [2.05, 4.69) is 11.2 Å². The van der Waals surface area contributed by atoms with Crippen molar-refractivity contribution in [2.75, 3.05) is 13.2 Å². The lowest BCUT2D eigenvalue weighted by molar-refractivity contribution is -0.119. The molecule has 0 heterocycles. The lowest BCUT2D eigenvalue weighted by Crippen LogP contribution is -2.44. The lowest BCUT2D eigenvalue weighted by atomic mass is 10.1. The Morgan fingerprint density at radius 3 is 2.24 bits per heavy atom. The number of benzene rings is 1. The summed E-state index contributed by atoms with van der Waals surface area (Å²) < 4.78 is 23.0. The summed E-state index contributed by atoms with van der Waals surface area (Å²) in [6.07, 6.45) is 5.28. The van der Waals surface area contributed by atoms with Gasteiger partial charge in [-0.1, -0.05) is 12.1 Å². The van der Waals surface area contributed by atoms with Gasteiger partial charge in [0.25, 0.3) is 5.91 Å². The zero-order valence-electron chi connectivity index (χ0n) is 14.4. The summed E-state index contributed by atoms with van der Waals surface area (Å²) in [6, 6.07) is 5.50. The minimum atomic E-state index is -3.21. The van der Waals surface area contributed by atoms with Crippen LogP contribution in [0.15, 0.2) is 24.3 Å². The van der Waals surface area contributed by atoms with Gasteiger partial charge in [0.1, 0.15) is 6.04 Å². The quantitative estimate of drug-likeness (QED) is 0.487. The first kappa shape index (κ1) is 20.9. The van der Waals surface area contributed by atoms with E-state index < -0.39 is 25.5 Å². The largest absolute Gasteiger partial charge is 0.368 e. The maximum absolute atomic E-state index is 12.5. The predicted octanol–water partition coefficient (Wildman–Crippen LogP) is 2.06. The molecule has 0 fully saturated rings. The summed E-state index contributed by atoms with van der Waals surface area (Å²) in [5, 5.41) is 2.48. The van der Waals surface area contributed by atoms with Crippen LogP contribution in [0.25, 0.3) is 0 Å². The Hall–Kier alpha value is -2.13. The first-order chi connectivity index (χ1) is 11.8. The molecular weight excluding hydrogens is 343 g/mol. The third-order valence-electron chi connectivity index (χ3n) is 3.21. The van der Waals surface area contributed by atoms with Crippen LogP contribution in [0.5, 0.6) is 0 Å². The molecular formula is C17H23N2O5P. The van der Waals surface area contributed by atoms with E-state index in [9.17, 15) is 14.2 Å². The molecule has 0 saturated carbocycles. The number of rotatable bonds is 10. The highest BCUT2D eigenvalue weighted by atomic mass is 31.2. The predicted molar refractivity (Wildman–Crippen MR) is 94.9 cm³/mol. The number of carbonyl (C=O) groups is 2. The average Bonchev–Trinajstić information content (AvgIpc) is 2.55. The van der Waals surface area contributed by atoms with Crippen LogP contribution in [0.1, 0.15) is 36.2 Å². The number of amides is 2. The topological polar surface area (TPSA) is 108 Å². The molecule has 0 aliphatic rings. The molecule has 0 spiro atoms. The molecule has 0 aliphatic carbocycles. The molecule has 1 aromatic carbocycles. The lowest BCUT2D eigenvalue weighted by Gasteiger charge is -2.17. The van der Waals surface area contributed by atoms with E-state index in [0.717, 1.165) is 0 Å². The Balaban J connectivity index is 2.81. The molecule has 0 unspecified atom stereocenters. The highest BCUT2D eigenvalue weighted by Gasteiger charge is 2.24. The summed E-state index contributed by atoms with van der Waals surface area (Å²) in [4.78, 5) is 23.4. The van der Waals surface area contributed by atoms with Crippen molar-refractivity contribution in [3.63, 3.8) is 0 Å². The standard InChI is InChI=1S/C17H23N2O5P/c1-4-7-15(16(18)20)19-17(21)14-10-8-13(9-11-14)12-25(22,23-5-2)24-6-3/h1,8-11,15H,5-7,12H2,2-3H3,(H2,18,20)(H,19,21)/t15-/m0/s1. The van der Waals surface area contributed by atoms with Crippen molar-refractivity contribution in [1.82, 2.24) is 5.32 Å². The molecule has 0 bridgehead atoms. The van der Waals surface area contributed by atoms with E-state index in [4.69, 9.17) is 21.2 Å². The van der Waals surface area contributed by atoms with Gasteiger partial charge in [0.05, 0.1) is 19.4 Å². The van der Waals surface area contributed by atoms with Crippen LogP contribution in [0.4, 0.5) is 0 Å². The van der Waals surface area contributed by atoms with Gasteiger partial charge in [0, 0.05) is 12.0 Å². The number of primary amides is 1. The summed E-state index contributed by atoms with van der Waals surface area (Å²) >= 11 is 0. The second kappa shape index (κ2) is 10.00. The normalized spacial score (nSPS) is 12.2. The zero-order chi connectivity index (χ0) is 18.9. The molecule has 25 heavy (non-hydrogen) atoms. The van der Waals surface area contributed by atoms with Crippen molar-refractivity contribution in [1.29, 1.82) is 0 Å². The van der Waals surface area contributed by atoms with Gasteiger partial charge < -0.3 is 20.1 Å². The Bertz CT molecular complexity index is 671. The van der Waals surface area contributed by atoms with Gasteiger partial charge in [-0.05, 0) is 31.5 Å².